The molecule has 0 aliphatic carbocycles. The monoisotopic (exact) mass is 197 g/mol. The molecule has 0 unspecified atom stereocenters. The first-order chi connectivity index (χ1) is 3.93. The summed E-state index contributed by atoms with van der Waals surface area (Å²) in [6.45, 7) is 1.99. The number of aryl methyl sites for hydroxylation is 1. The van der Waals surface area contributed by atoms with Crippen molar-refractivity contribution in [1.82, 2.24) is 15.0 Å². The summed E-state index contributed by atoms with van der Waals surface area (Å²) in [6.07, 6.45) is 4.75. The van der Waals surface area contributed by atoms with E-state index in [0.29, 0.717) is 0 Å². The molecule has 4 heteroatoms. The molecular formula is C5H6N3Y-. The Balaban J connectivity index is 0.000000640. The predicted octanol–water partition coefficient (Wildman–Crippen LogP) is 0.232. The second-order valence-electron chi connectivity index (χ2n) is 1.36. The van der Waals surface area contributed by atoms with Crippen LogP contribution in [0.3, 0.4) is 0 Å². The third kappa shape index (κ3) is 2.97. The van der Waals surface area contributed by atoms with E-state index in [4.69, 9.17) is 0 Å². The molecule has 3 nitrogen and oxygen atoms in total. The molecule has 1 rings (SSSR count). The normalized spacial score (nSPS) is 8.11. The van der Waals surface area contributed by atoms with E-state index in [-0.39, 0.29) is 32.7 Å². The smallest absolute Gasteiger partial charge is 0.0244 e. The van der Waals surface area contributed by atoms with Gasteiger partial charge in [-0.15, -0.1) is 0 Å². The van der Waals surface area contributed by atoms with Gasteiger partial charge in [-0.1, -0.05) is 6.92 Å². The molecule has 0 fully saturated rings. The molecule has 45 valence electrons. The van der Waals surface area contributed by atoms with Gasteiger partial charge in [0, 0.05) is 51.2 Å². The Kier molecular flexibility index (Phi) is 5.01. The Morgan fingerprint density at radius 3 is 2.78 bits per heavy atom. The number of nitrogens with zero attached hydrogens (tertiary/aromatic N) is 3. The van der Waals surface area contributed by atoms with Crippen LogP contribution in [-0.2, 0) is 39.1 Å². The van der Waals surface area contributed by atoms with Crippen LogP contribution < -0.4 is 0 Å². The molecule has 0 aliphatic rings. The van der Waals surface area contributed by atoms with Gasteiger partial charge in [0.15, 0.2) is 0 Å². The topological polar surface area (TPSA) is 38.7 Å². The van der Waals surface area contributed by atoms with Crippen molar-refractivity contribution in [3.05, 3.63) is 18.5 Å². The third-order valence-corrected chi connectivity index (χ3v) is 0.818. The van der Waals surface area contributed by atoms with Gasteiger partial charge in [-0.05, 0) is 6.42 Å². The summed E-state index contributed by atoms with van der Waals surface area (Å²) in [7, 11) is 0. The Morgan fingerprint density at radius 1 is 1.67 bits per heavy atom. The Morgan fingerprint density at radius 2 is 2.44 bits per heavy atom. The molecule has 0 N–H and O–H groups in total. The minimum absolute atomic E-state index is 0. The van der Waals surface area contributed by atoms with Crippen molar-refractivity contribution in [3.8, 4) is 0 Å². The molecule has 1 aromatic heterocycles. The van der Waals surface area contributed by atoms with Crippen LogP contribution in [0.15, 0.2) is 6.33 Å². The quantitative estimate of drug-likeness (QED) is 0.605. The number of aromatic nitrogens is 3. The molecule has 0 aromatic carbocycles. The van der Waals surface area contributed by atoms with Crippen LogP contribution in [0.25, 0.3) is 0 Å². The molecule has 0 amide bonds. The minimum atomic E-state index is 0. The fourth-order valence-electron chi connectivity index (χ4n) is 0.407. The Labute approximate surface area is 79.2 Å². The van der Waals surface area contributed by atoms with Gasteiger partial charge in [0.05, 0.1) is 0 Å². The first kappa shape index (κ1) is 9.11. The van der Waals surface area contributed by atoms with Crippen LogP contribution in [0, 0.1) is 6.33 Å². The number of hydrogen-bond donors (Lipinski definition) is 0. The second-order valence-corrected chi connectivity index (χ2v) is 1.36. The van der Waals surface area contributed by atoms with E-state index in [2.05, 4.69) is 21.3 Å². The zero-order valence-corrected chi connectivity index (χ0v) is 8.04. The fourth-order valence-corrected chi connectivity index (χ4v) is 0.407. The van der Waals surface area contributed by atoms with Crippen molar-refractivity contribution in [1.29, 1.82) is 0 Å². The van der Waals surface area contributed by atoms with Crippen LogP contribution in [0.5, 0.6) is 0 Å². The van der Waals surface area contributed by atoms with Crippen molar-refractivity contribution in [3.63, 3.8) is 0 Å². The summed E-state index contributed by atoms with van der Waals surface area (Å²) in [6, 6.07) is 0. The number of hydrogen-bond acceptors (Lipinski definition) is 3. The maximum absolute atomic E-state index is 3.84. The number of rotatable bonds is 1. The fraction of sp³-hybridized carbons (Fsp3) is 0.400. The van der Waals surface area contributed by atoms with Gasteiger partial charge >= 0.3 is 0 Å². The molecule has 1 radical (unpaired) electrons. The van der Waals surface area contributed by atoms with Crippen LogP contribution in [0.4, 0.5) is 0 Å². The van der Waals surface area contributed by atoms with Gasteiger partial charge in [0.25, 0.3) is 0 Å². The van der Waals surface area contributed by atoms with E-state index < -0.39 is 0 Å². The van der Waals surface area contributed by atoms with Crippen molar-refractivity contribution < 1.29 is 32.7 Å². The SMILES string of the molecule is CCc1n[c-]ncn1.[Y]. The maximum atomic E-state index is 3.84. The van der Waals surface area contributed by atoms with Crippen LogP contribution in [0.2, 0.25) is 0 Å². The summed E-state index contributed by atoms with van der Waals surface area (Å²) in [5, 5.41) is 0. The first-order valence-electron chi connectivity index (χ1n) is 2.47. The minimum Gasteiger partial charge on any atom is -0.355 e. The predicted molar refractivity (Wildman–Crippen MR) is 28.0 cm³/mol. The molecule has 0 aliphatic heterocycles. The molecule has 0 saturated heterocycles. The van der Waals surface area contributed by atoms with Crippen LogP contribution in [0.1, 0.15) is 12.7 Å². The average Bonchev–Trinajstić information content (AvgIpc) is 1.90. The summed E-state index contributed by atoms with van der Waals surface area (Å²) in [5.41, 5.74) is 0. The molecule has 0 bridgehead atoms. The van der Waals surface area contributed by atoms with Gasteiger partial charge in [0.1, 0.15) is 0 Å². The summed E-state index contributed by atoms with van der Waals surface area (Å²) in [5.74, 6) is 0.792. The summed E-state index contributed by atoms with van der Waals surface area (Å²) in [4.78, 5) is 11.1. The molecule has 1 aromatic rings. The standard InChI is InChI=1S/C5H6N3.Y/c1-2-5-7-3-6-4-8-5;/h3H,2H2,1H3;/q-1;. The van der Waals surface area contributed by atoms with E-state index in [1.807, 2.05) is 6.92 Å². The van der Waals surface area contributed by atoms with E-state index in [1.165, 1.54) is 6.33 Å². The van der Waals surface area contributed by atoms with Gasteiger partial charge in [0.2, 0.25) is 0 Å². The van der Waals surface area contributed by atoms with Gasteiger partial charge in [-0.3, -0.25) is 0 Å². The van der Waals surface area contributed by atoms with Crippen molar-refractivity contribution in [2.24, 2.45) is 0 Å². The Bertz CT molecular complexity index is 154. The van der Waals surface area contributed by atoms with Gasteiger partial charge in [-0.2, -0.15) is 0 Å². The molecule has 0 saturated carbocycles. The molecule has 1 heterocycles. The van der Waals surface area contributed by atoms with Gasteiger partial charge in [-0.25, -0.2) is 0 Å². The van der Waals surface area contributed by atoms with Crippen molar-refractivity contribution >= 4 is 0 Å². The summed E-state index contributed by atoms with van der Waals surface area (Å²) < 4.78 is 0. The molecule has 9 heavy (non-hydrogen) atoms. The molecule has 0 atom stereocenters. The maximum Gasteiger partial charge on any atom is 0.0244 e. The van der Waals surface area contributed by atoms with E-state index >= 15 is 0 Å². The Hall–Kier alpha value is 0.114. The zero-order valence-electron chi connectivity index (χ0n) is 5.20. The van der Waals surface area contributed by atoms with Gasteiger partial charge < -0.3 is 15.0 Å². The average molecular weight is 197 g/mol. The van der Waals surface area contributed by atoms with E-state index in [9.17, 15) is 0 Å². The van der Waals surface area contributed by atoms with Crippen LogP contribution >= 0.6 is 0 Å². The molecular weight excluding hydrogens is 191 g/mol. The van der Waals surface area contributed by atoms with Crippen molar-refractivity contribution in [2.45, 2.75) is 13.3 Å². The first-order valence-corrected chi connectivity index (χ1v) is 2.47. The van der Waals surface area contributed by atoms with E-state index in [0.717, 1.165) is 12.2 Å². The van der Waals surface area contributed by atoms with Crippen molar-refractivity contribution in [2.75, 3.05) is 0 Å². The largest absolute Gasteiger partial charge is 0.355 e. The summed E-state index contributed by atoms with van der Waals surface area (Å²) >= 11 is 0. The molecule has 0 spiro atoms. The van der Waals surface area contributed by atoms with E-state index in [1.54, 1.807) is 0 Å². The van der Waals surface area contributed by atoms with Crippen LogP contribution in [-0.4, -0.2) is 15.0 Å². The second kappa shape index (κ2) is 4.94. The zero-order chi connectivity index (χ0) is 5.82. The third-order valence-electron chi connectivity index (χ3n) is 0.818.